The van der Waals surface area contributed by atoms with Crippen LogP contribution in [0, 0.1) is 0 Å². The lowest BCUT2D eigenvalue weighted by Gasteiger charge is -2.27. The molecule has 136 valence electrons. The normalized spacial score (nSPS) is 13.8. The fourth-order valence-corrected chi connectivity index (χ4v) is 2.52. The molecule has 0 saturated heterocycles. The fraction of sp³-hybridized carbons (Fsp3) is 0.316. The number of methoxy groups -OCH3 is 2. The summed E-state index contributed by atoms with van der Waals surface area (Å²) >= 11 is 0. The third-order valence-electron chi connectivity index (χ3n) is 4.10. The second-order valence-electron chi connectivity index (χ2n) is 5.87. The van der Waals surface area contributed by atoms with Crippen molar-refractivity contribution in [1.29, 1.82) is 0 Å². The van der Waals surface area contributed by atoms with E-state index in [1.165, 1.54) is 0 Å². The first-order valence-electron chi connectivity index (χ1n) is 7.77. The van der Waals surface area contributed by atoms with E-state index in [9.17, 15) is 4.79 Å². The van der Waals surface area contributed by atoms with E-state index in [2.05, 4.69) is 5.32 Å². The molecule has 0 fully saturated rings. The van der Waals surface area contributed by atoms with Crippen LogP contribution in [0.5, 0.6) is 11.5 Å². The fourth-order valence-electron chi connectivity index (χ4n) is 2.52. The summed E-state index contributed by atoms with van der Waals surface area (Å²) in [5.74, 6) is 1.12. The molecule has 0 saturated carbocycles. The summed E-state index contributed by atoms with van der Waals surface area (Å²) in [6.07, 6.45) is 0. The Kier molecular flexibility index (Phi) is 7.27. The van der Waals surface area contributed by atoms with Gasteiger partial charge in [-0.25, -0.2) is 0 Å². The molecule has 2 unspecified atom stereocenters. The van der Waals surface area contributed by atoms with Gasteiger partial charge in [-0.3, -0.25) is 4.79 Å². The third kappa shape index (κ3) is 4.65. The molecule has 2 aromatic rings. The van der Waals surface area contributed by atoms with Gasteiger partial charge in [0.25, 0.3) is 0 Å². The molecule has 2 atom stereocenters. The number of carbonyl (C=O) groups excluding carboxylic acids is 1. The number of carbonyl (C=O) groups is 1. The average Bonchev–Trinajstić information content (AvgIpc) is 2.61. The molecule has 0 aliphatic heterocycles. The Hall–Kier alpha value is -2.24. The van der Waals surface area contributed by atoms with Crippen molar-refractivity contribution in [2.45, 2.75) is 25.4 Å². The predicted molar refractivity (Wildman–Crippen MR) is 101 cm³/mol. The van der Waals surface area contributed by atoms with Gasteiger partial charge in [0, 0.05) is 5.56 Å². The van der Waals surface area contributed by atoms with E-state index in [1.807, 2.05) is 55.5 Å². The highest BCUT2D eigenvalue weighted by Crippen LogP contribution is 2.30. The molecule has 25 heavy (non-hydrogen) atoms. The van der Waals surface area contributed by atoms with Crippen LogP contribution >= 0.6 is 12.4 Å². The van der Waals surface area contributed by atoms with E-state index < -0.39 is 5.54 Å². The van der Waals surface area contributed by atoms with E-state index in [0.717, 1.165) is 11.1 Å². The Labute approximate surface area is 154 Å². The first-order valence-corrected chi connectivity index (χ1v) is 7.77. The quantitative estimate of drug-likeness (QED) is 0.825. The monoisotopic (exact) mass is 364 g/mol. The number of rotatable bonds is 6. The largest absolute Gasteiger partial charge is 0.497 e. The van der Waals surface area contributed by atoms with Crippen LogP contribution in [-0.4, -0.2) is 20.1 Å². The average molecular weight is 365 g/mol. The van der Waals surface area contributed by atoms with Crippen molar-refractivity contribution in [3.8, 4) is 11.5 Å². The zero-order valence-electron chi connectivity index (χ0n) is 14.9. The highest BCUT2D eigenvalue weighted by atomic mass is 35.5. The standard InChI is InChI=1S/C19H24N2O3.ClH/c1-13(16-12-15(23-3)10-11-17(16)24-4)21-18(22)19(2,20)14-8-6-5-7-9-14;/h5-13H,20H2,1-4H3,(H,21,22);1H. The summed E-state index contributed by atoms with van der Waals surface area (Å²) in [4.78, 5) is 12.7. The van der Waals surface area contributed by atoms with Gasteiger partial charge in [0.15, 0.2) is 0 Å². The predicted octanol–water partition coefficient (Wildman–Crippen LogP) is 3.18. The van der Waals surface area contributed by atoms with Crippen LogP contribution in [0.25, 0.3) is 0 Å². The second kappa shape index (κ2) is 8.74. The lowest BCUT2D eigenvalue weighted by atomic mass is 9.91. The van der Waals surface area contributed by atoms with Crippen LogP contribution in [-0.2, 0) is 10.3 Å². The highest BCUT2D eigenvalue weighted by Gasteiger charge is 2.31. The summed E-state index contributed by atoms with van der Waals surface area (Å²) in [6.45, 7) is 3.59. The van der Waals surface area contributed by atoms with E-state index in [4.69, 9.17) is 15.2 Å². The van der Waals surface area contributed by atoms with Crippen molar-refractivity contribution in [1.82, 2.24) is 5.32 Å². The van der Waals surface area contributed by atoms with Crippen LogP contribution in [0.3, 0.4) is 0 Å². The highest BCUT2D eigenvalue weighted by molar-refractivity contribution is 5.87. The van der Waals surface area contributed by atoms with Gasteiger partial charge in [-0.1, -0.05) is 30.3 Å². The summed E-state index contributed by atoms with van der Waals surface area (Å²) < 4.78 is 10.6. The Bertz CT molecular complexity index is 705. The summed E-state index contributed by atoms with van der Waals surface area (Å²) in [6, 6.07) is 14.5. The van der Waals surface area contributed by atoms with Crippen LogP contribution < -0.4 is 20.5 Å². The molecule has 0 bridgehead atoms. The van der Waals surface area contributed by atoms with E-state index in [1.54, 1.807) is 21.1 Å². The van der Waals surface area contributed by atoms with E-state index in [0.29, 0.717) is 11.5 Å². The lowest BCUT2D eigenvalue weighted by Crippen LogP contribution is -2.49. The van der Waals surface area contributed by atoms with Gasteiger partial charge in [0.1, 0.15) is 17.0 Å². The molecule has 0 aliphatic carbocycles. The number of hydrogen-bond acceptors (Lipinski definition) is 4. The molecule has 3 N–H and O–H groups in total. The number of amides is 1. The molecule has 5 nitrogen and oxygen atoms in total. The van der Waals surface area contributed by atoms with Gasteiger partial charge in [-0.05, 0) is 37.6 Å². The Morgan fingerprint density at radius 2 is 1.76 bits per heavy atom. The minimum Gasteiger partial charge on any atom is -0.497 e. The molecule has 0 spiro atoms. The van der Waals surface area contributed by atoms with Gasteiger partial charge < -0.3 is 20.5 Å². The minimum atomic E-state index is -1.12. The first-order chi connectivity index (χ1) is 11.4. The van der Waals surface area contributed by atoms with Crippen molar-refractivity contribution in [3.63, 3.8) is 0 Å². The molecule has 0 heterocycles. The van der Waals surface area contributed by atoms with Gasteiger partial charge >= 0.3 is 0 Å². The number of hydrogen-bond donors (Lipinski definition) is 2. The first kappa shape index (κ1) is 20.8. The van der Waals surface area contributed by atoms with Gasteiger partial charge in [0.2, 0.25) is 5.91 Å². The Morgan fingerprint density at radius 1 is 1.12 bits per heavy atom. The maximum Gasteiger partial charge on any atom is 0.244 e. The van der Waals surface area contributed by atoms with E-state index >= 15 is 0 Å². The zero-order chi connectivity index (χ0) is 17.7. The Morgan fingerprint density at radius 3 is 2.32 bits per heavy atom. The number of ether oxygens (including phenoxy) is 2. The summed E-state index contributed by atoms with van der Waals surface area (Å²) in [7, 11) is 3.19. The second-order valence-corrected chi connectivity index (χ2v) is 5.87. The van der Waals surface area contributed by atoms with Crippen molar-refractivity contribution in [2.75, 3.05) is 14.2 Å². The molecule has 0 aromatic heterocycles. The van der Waals surface area contributed by atoms with Crippen LogP contribution in [0.4, 0.5) is 0 Å². The molecule has 2 aromatic carbocycles. The SMILES string of the molecule is COc1ccc(OC)c(C(C)NC(=O)C(C)(N)c2ccccc2)c1.Cl. The number of nitrogens with two attached hydrogens (primary N) is 1. The number of halogens is 1. The number of benzene rings is 2. The molecular formula is C19H25ClN2O3. The van der Waals surface area contributed by atoms with Gasteiger partial charge in [-0.2, -0.15) is 0 Å². The molecule has 6 heteroatoms. The van der Waals surface area contributed by atoms with E-state index in [-0.39, 0.29) is 24.4 Å². The summed E-state index contributed by atoms with van der Waals surface area (Å²) in [5, 5.41) is 2.96. The Balaban J connectivity index is 0.00000312. The molecule has 0 aliphatic rings. The topological polar surface area (TPSA) is 73.6 Å². The van der Waals surface area contributed by atoms with Gasteiger partial charge in [-0.15, -0.1) is 12.4 Å². The number of nitrogens with one attached hydrogen (secondary N) is 1. The maximum atomic E-state index is 12.7. The smallest absolute Gasteiger partial charge is 0.244 e. The van der Waals surface area contributed by atoms with Crippen molar-refractivity contribution < 1.29 is 14.3 Å². The zero-order valence-corrected chi connectivity index (χ0v) is 15.7. The van der Waals surface area contributed by atoms with Crippen molar-refractivity contribution in [3.05, 3.63) is 59.7 Å². The minimum absolute atomic E-state index is 0. The van der Waals surface area contributed by atoms with Crippen LogP contribution in [0.1, 0.15) is 31.0 Å². The summed E-state index contributed by atoms with van der Waals surface area (Å²) in [5.41, 5.74) is 6.73. The van der Waals surface area contributed by atoms with Crippen molar-refractivity contribution >= 4 is 18.3 Å². The van der Waals surface area contributed by atoms with Crippen molar-refractivity contribution in [2.24, 2.45) is 5.73 Å². The third-order valence-corrected chi connectivity index (χ3v) is 4.10. The molecular weight excluding hydrogens is 340 g/mol. The lowest BCUT2D eigenvalue weighted by molar-refractivity contribution is -0.126. The molecule has 2 rings (SSSR count). The van der Waals surface area contributed by atoms with Crippen LogP contribution in [0.2, 0.25) is 0 Å². The van der Waals surface area contributed by atoms with Crippen LogP contribution in [0.15, 0.2) is 48.5 Å². The maximum absolute atomic E-state index is 12.7. The molecule has 1 amide bonds. The van der Waals surface area contributed by atoms with Gasteiger partial charge in [0.05, 0.1) is 20.3 Å². The molecule has 0 radical (unpaired) electrons.